The van der Waals surface area contributed by atoms with Crippen LogP contribution in [0.1, 0.15) is 61.3 Å². The van der Waals surface area contributed by atoms with Crippen molar-refractivity contribution in [1.29, 1.82) is 0 Å². The topological polar surface area (TPSA) is 90.1 Å². The van der Waals surface area contributed by atoms with Crippen LogP contribution in [0, 0.1) is 0 Å². The van der Waals surface area contributed by atoms with Gasteiger partial charge in [0.15, 0.2) is 0 Å². The molecule has 0 bridgehead atoms. The number of thiophene rings is 1. The van der Waals surface area contributed by atoms with Crippen molar-refractivity contribution < 1.29 is 9.53 Å². The summed E-state index contributed by atoms with van der Waals surface area (Å²) in [5, 5.41) is 4.44. The number of nitrogens with two attached hydrogens (primary N) is 1. The lowest BCUT2D eigenvalue weighted by Crippen LogP contribution is -2.34. The molecule has 3 N–H and O–H groups in total. The first-order valence-electron chi connectivity index (χ1n) is 9.54. The van der Waals surface area contributed by atoms with Gasteiger partial charge in [-0.25, -0.2) is 9.97 Å². The molecule has 0 unspecified atom stereocenters. The van der Waals surface area contributed by atoms with Gasteiger partial charge in [0, 0.05) is 17.3 Å². The molecule has 2 aromatic rings. The van der Waals surface area contributed by atoms with Crippen LogP contribution < -0.4 is 15.8 Å². The van der Waals surface area contributed by atoms with Crippen LogP contribution in [-0.4, -0.2) is 35.1 Å². The number of hydrogen-bond donors (Lipinski definition) is 2. The lowest BCUT2D eigenvalue weighted by atomic mass is 9.93. The summed E-state index contributed by atoms with van der Waals surface area (Å²) in [4.78, 5) is 22.6. The Morgan fingerprint density at radius 3 is 2.85 bits per heavy atom. The highest BCUT2D eigenvalue weighted by Gasteiger charge is 2.31. The zero-order valence-electron chi connectivity index (χ0n) is 15.2. The van der Waals surface area contributed by atoms with Gasteiger partial charge < -0.3 is 15.8 Å². The molecule has 140 valence electrons. The summed E-state index contributed by atoms with van der Waals surface area (Å²) in [6.45, 7) is 0. The molecule has 7 heteroatoms. The van der Waals surface area contributed by atoms with E-state index in [1.807, 2.05) is 7.05 Å². The van der Waals surface area contributed by atoms with Gasteiger partial charge >= 0.3 is 0 Å². The molecule has 1 fully saturated rings. The fraction of sp³-hybridized carbons (Fsp3) is 0.632. The van der Waals surface area contributed by atoms with E-state index in [1.165, 1.54) is 10.4 Å². The van der Waals surface area contributed by atoms with E-state index < -0.39 is 0 Å². The first kappa shape index (κ1) is 17.7. The number of amides is 1. The fourth-order valence-electron chi connectivity index (χ4n) is 4.36. The highest BCUT2D eigenvalue weighted by Crippen LogP contribution is 2.47. The van der Waals surface area contributed by atoms with E-state index in [1.54, 1.807) is 17.7 Å². The number of primary amides is 1. The van der Waals surface area contributed by atoms with Crippen molar-refractivity contribution in [1.82, 2.24) is 15.3 Å². The van der Waals surface area contributed by atoms with E-state index in [2.05, 4.69) is 15.3 Å². The number of carbonyl (C=O) groups is 1. The Morgan fingerprint density at radius 1 is 1.31 bits per heavy atom. The molecule has 1 amide bonds. The summed E-state index contributed by atoms with van der Waals surface area (Å²) in [7, 11) is 2.03. The van der Waals surface area contributed by atoms with Crippen molar-refractivity contribution in [2.75, 3.05) is 7.05 Å². The lowest BCUT2D eigenvalue weighted by molar-refractivity contribution is -0.118. The molecule has 0 saturated heterocycles. The standard InChI is InChI=1S/C19H26N4O2S/c1-21-12-4-6-13(7-5-12)25-18-17-16-11(3-9-15(20)24)2-8-14(16)26-19(17)23-10-22-18/h10-13,21H,2-9H2,1H3,(H2,20,24)/t11-,12?,13?/m1/s1. The Bertz CT molecular complexity index is 798. The second-order valence-electron chi connectivity index (χ2n) is 7.42. The summed E-state index contributed by atoms with van der Waals surface area (Å²) in [5.74, 6) is 0.859. The number of ether oxygens (including phenoxy) is 1. The summed E-state index contributed by atoms with van der Waals surface area (Å²) in [6.07, 6.45) is 9.56. The third-order valence-electron chi connectivity index (χ3n) is 5.80. The van der Waals surface area contributed by atoms with Crippen LogP contribution in [0.25, 0.3) is 10.2 Å². The van der Waals surface area contributed by atoms with Gasteiger partial charge in [0.1, 0.15) is 17.3 Å². The van der Waals surface area contributed by atoms with Gasteiger partial charge in [-0.3, -0.25) is 4.79 Å². The van der Waals surface area contributed by atoms with E-state index in [9.17, 15) is 4.79 Å². The van der Waals surface area contributed by atoms with Crippen molar-refractivity contribution in [3.05, 3.63) is 16.8 Å². The number of nitrogens with zero attached hydrogens (tertiary/aromatic N) is 2. The Kier molecular flexibility index (Phi) is 5.09. The van der Waals surface area contributed by atoms with Crippen LogP contribution in [0.15, 0.2) is 6.33 Å². The number of rotatable bonds is 6. The summed E-state index contributed by atoms with van der Waals surface area (Å²) in [5.41, 5.74) is 6.67. The van der Waals surface area contributed by atoms with Crippen LogP contribution in [0.5, 0.6) is 5.88 Å². The average molecular weight is 375 g/mol. The van der Waals surface area contributed by atoms with Crippen LogP contribution in [0.2, 0.25) is 0 Å². The highest BCUT2D eigenvalue weighted by atomic mass is 32.1. The Balaban J connectivity index is 1.59. The summed E-state index contributed by atoms with van der Waals surface area (Å²) >= 11 is 1.75. The molecule has 26 heavy (non-hydrogen) atoms. The minimum atomic E-state index is -0.230. The lowest BCUT2D eigenvalue weighted by Gasteiger charge is -2.28. The van der Waals surface area contributed by atoms with Crippen molar-refractivity contribution in [2.45, 2.75) is 69.4 Å². The average Bonchev–Trinajstić information content (AvgIpc) is 3.20. The van der Waals surface area contributed by atoms with E-state index in [0.717, 1.165) is 61.0 Å². The zero-order chi connectivity index (χ0) is 18.1. The minimum absolute atomic E-state index is 0.221. The molecule has 4 rings (SSSR count). The molecule has 0 aromatic carbocycles. The highest BCUT2D eigenvalue weighted by molar-refractivity contribution is 7.19. The van der Waals surface area contributed by atoms with Crippen LogP contribution >= 0.6 is 11.3 Å². The van der Waals surface area contributed by atoms with Crippen molar-refractivity contribution in [2.24, 2.45) is 5.73 Å². The quantitative estimate of drug-likeness (QED) is 0.811. The SMILES string of the molecule is CNC1CCC(Oc2ncnc3sc4c(c23)[C@@H](CCC(N)=O)CC4)CC1. The molecular weight excluding hydrogens is 348 g/mol. The molecule has 2 aliphatic carbocycles. The third-order valence-corrected chi connectivity index (χ3v) is 6.97. The number of aromatic nitrogens is 2. The number of carbonyl (C=O) groups excluding carboxylic acids is 1. The van der Waals surface area contributed by atoms with Gasteiger partial charge in [-0.15, -0.1) is 11.3 Å². The number of nitrogens with one attached hydrogen (secondary N) is 1. The molecule has 2 heterocycles. The largest absolute Gasteiger partial charge is 0.474 e. The monoisotopic (exact) mass is 374 g/mol. The second kappa shape index (κ2) is 7.48. The molecule has 1 atom stereocenters. The molecule has 2 aliphatic rings. The molecule has 1 saturated carbocycles. The van der Waals surface area contributed by atoms with Crippen molar-refractivity contribution in [3.63, 3.8) is 0 Å². The minimum Gasteiger partial charge on any atom is -0.474 e. The smallest absolute Gasteiger partial charge is 0.225 e. The van der Waals surface area contributed by atoms with E-state index >= 15 is 0 Å². The maximum Gasteiger partial charge on any atom is 0.225 e. The van der Waals surface area contributed by atoms with Crippen molar-refractivity contribution >= 4 is 27.5 Å². The number of hydrogen-bond acceptors (Lipinski definition) is 6. The number of fused-ring (bicyclic) bond motifs is 3. The first-order valence-corrected chi connectivity index (χ1v) is 10.4. The predicted molar refractivity (Wildman–Crippen MR) is 103 cm³/mol. The van der Waals surface area contributed by atoms with Gasteiger partial charge in [-0.05, 0) is 63.5 Å². The Hall–Kier alpha value is -1.73. The van der Waals surface area contributed by atoms with Gasteiger partial charge in [-0.1, -0.05) is 0 Å². The Labute approximate surface area is 157 Å². The van der Waals surface area contributed by atoms with E-state index in [4.69, 9.17) is 10.5 Å². The van der Waals surface area contributed by atoms with Crippen LogP contribution in [0.4, 0.5) is 0 Å². The third kappa shape index (κ3) is 3.42. The first-order chi connectivity index (χ1) is 12.7. The molecule has 2 aromatic heterocycles. The summed E-state index contributed by atoms with van der Waals surface area (Å²) < 4.78 is 6.36. The van der Waals surface area contributed by atoms with Crippen LogP contribution in [0.3, 0.4) is 0 Å². The van der Waals surface area contributed by atoms with Gasteiger partial charge in [0.25, 0.3) is 0 Å². The number of aryl methyl sites for hydroxylation is 1. The van der Waals surface area contributed by atoms with Gasteiger partial charge in [-0.2, -0.15) is 0 Å². The van der Waals surface area contributed by atoms with E-state index in [0.29, 0.717) is 18.4 Å². The zero-order valence-corrected chi connectivity index (χ0v) is 16.0. The molecule has 0 spiro atoms. The maximum atomic E-state index is 11.2. The van der Waals surface area contributed by atoms with Gasteiger partial charge in [0.2, 0.25) is 11.8 Å². The fourth-order valence-corrected chi connectivity index (χ4v) is 5.59. The molecule has 6 nitrogen and oxygen atoms in total. The van der Waals surface area contributed by atoms with Crippen molar-refractivity contribution in [3.8, 4) is 5.88 Å². The molecule has 0 aliphatic heterocycles. The van der Waals surface area contributed by atoms with E-state index in [-0.39, 0.29) is 12.0 Å². The molecular formula is C19H26N4O2S. The normalized spacial score (nSPS) is 25.3. The Morgan fingerprint density at radius 2 is 2.12 bits per heavy atom. The second-order valence-corrected chi connectivity index (χ2v) is 8.50. The maximum absolute atomic E-state index is 11.2. The van der Waals surface area contributed by atoms with Gasteiger partial charge in [0.05, 0.1) is 5.39 Å². The predicted octanol–water partition coefficient (Wildman–Crippen LogP) is 2.90. The summed E-state index contributed by atoms with van der Waals surface area (Å²) in [6, 6.07) is 0.601. The van der Waals surface area contributed by atoms with Crippen LogP contribution in [-0.2, 0) is 11.2 Å². The molecule has 0 radical (unpaired) electrons.